The van der Waals surface area contributed by atoms with E-state index in [1.807, 2.05) is 0 Å². The first kappa shape index (κ1) is 25.0. The molecule has 0 saturated heterocycles. The summed E-state index contributed by atoms with van der Waals surface area (Å²) in [5.74, 6) is 1.89. The Morgan fingerprint density at radius 2 is 1.00 bits per heavy atom. The Morgan fingerprint density at radius 1 is 0.400 bits per heavy atom. The van der Waals surface area contributed by atoms with Gasteiger partial charge in [0.05, 0.1) is 5.41 Å². The van der Waals surface area contributed by atoms with Crippen LogP contribution in [0.2, 0.25) is 0 Å². The van der Waals surface area contributed by atoms with Crippen LogP contribution in [-0.2, 0) is 10.8 Å². The van der Waals surface area contributed by atoms with Crippen molar-refractivity contribution in [2.24, 2.45) is 0 Å². The van der Waals surface area contributed by atoms with E-state index in [-0.39, 0.29) is 10.8 Å². The lowest BCUT2D eigenvalue weighted by molar-refractivity contribution is 0.418. The molecule has 10 rings (SSSR count). The summed E-state index contributed by atoms with van der Waals surface area (Å²) in [6, 6.07) is 54.0. The van der Waals surface area contributed by atoms with E-state index in [1.165, 1.54) is 77.5 Å². The monoisotopic (exact) mass is 574 g/mol. The zero-order chi connectivity index (χ0) is 29.9. The molecule has 212 valence electrons. The molecule has 0 radical (unpaired) electrons. The first-order chi connectivity index (χ1) is 22.1. The Morgan fingerprint density at radius 3 is 1.82 bits per heavy atom. The molecule has 0 fully saturated rings. The second-order valence-electron chi connectivity index (χ2n) is 13.2. The zero-order valence-corrected chi connectivity index (χ0v) is 25.3. The number of hydrogen-bond acceptors (Lipinski definition) is 1. The lowest BCUT2D eigenvalue weighted by atomic mass is 9.70. The van der Waals surface area contributed by atoms with Crippen LogP contribution in [0.5, 0.6) is 11.5 Å². The Hall–Kier alpha value is -5.40. The Bertz CT molecular complexity index is 2390. The van der Waals surface area contributed by atoms with Crippen LogP contribution < -0.4 is 4.74 Å². The van der Waals surface area contributed by atoms with Gasteiger partial charge in [0.25, 0.3) is 0 Å². The van der Waals surface area contributed by atoms with Crippen LogP contribution in [0.4, 0.5) is 0 Å². The number of fused-ring (bicyclic) bond motifs is 13. The third-order valence-electron chi connectivity index (χ3n) is 10.7. The van der Waals surface area contributed by atoms with E-state index in [9.17, 15) is 0 Å². The molecule has 1 nitrogen and oxygen atoms in total. The molecule has 1 unspecified atom stereocenters. The van der Waals surface area contributed by atoms with Gasteiger partial charge in [-0.05, 0) is 96.7 Å². The smallest absolute Gasteiger partial charge is 0.131 e. The molecule has 0 bridgehead atoms. The third-order valence-corrected chi connectivity index (χ3v) is 10.7. The van der Waals surface area contributed by atoms with Crippen LogP contribution in [0.25, 0.3) is 44.2 Å². The average molecular weight is 575 g/mol. The van der Waals surface area contributed by atoms with Crippen molar-refractivity contribution in [2.45, 2.75) is 24.7 Å². The normalized spacial score (nSPS) is 17.6. The van der Waals surface area contributed by atoms with E-state index in [0.717, 1.165) is 11.5 Å². The highest BCUT2D eigenvalue weighted by atomic mass is 16.5. The summed E-state index contributed by atoms with van der Waals surface area (Å²) in [4.78, 5) is 0. The van der Waals surface area contributed by atoms with Crippen molar-refractivity contribution >= 4 is 10.8 Å². The fourth-order valence-electron chi connectivity index (χ4n) is 8.72. The summed E-state index contributed by atoms with van der Waals surface area (Å²) in [5.41, 5.74) is 15.2. The van der Waals surface area contributed by atoms with Gasteiger partial charge in [0.2, 0.25) is 0 Å². The molecule has 2 aliphatic carbocycles. The number of rotatable bonds is 1. The van der Waals surface area contributed by atoms with Crippen LogP contribution in [-0.4, -0.2) is 0 Å². The molecule has 1 spiro atoms. The molecule has 45 heavy (non-hydrogen) atoms. The molecule has 3 aliphatic rings. The summed E-state index contributed by atoms with van der Waals surface area (Å²) < 4.78 is 6.44. The molecular formula is C44H30O. The van der Waals surface area contributed by atoms with Crippen molar-refractivity contribution in [3.8, 4) is 44.9 Å². The minimum atomic E-state index is -0.382. The SMILES string of the molecule is CC1(C)c2ccccc2Oc2ccc(-c3cccc4c3-c3ccccc3C43c4ccccc4-c4cc5ccccc5cc43)cc21. The van der Waals surface area contributed by atoms with Crippen molar-refractivity contribution in [1.29, 1.82) is 0 Å². The topological polar surface area (TPSA) is 9.23 Å². The van der Waals surface area contributed by atoms with E-state index in [0.29, 0.717) is 0 Å². The van der Waals surface area contributed by atoms with Crippen LogP contribution in [0.3, 0.4) is 0 Å². The largest absolute Gasteiger partial charge is 0.457 e. The van der Waals surface area contributed by atoms with Gasteiger partial charge in [0, 0.05) is 16.5 Å². The molecule has 7 aromatic carbocycles. The Labute approximate surface area is 263 Å². The highest BCUT2D eigenvalue weighted by molar-refractivity contribution is 6.02. The predicted octanol–water partition coefficient (Wildman–Crippen LogP) is 11.3. The second-order valence-corrected chi connectivity index (χ2v) is 13.2. The minimum Gasteiger partial charge on any atom is -0.457 e. The van der Waals surface area contributed by atoms with Gasteiger partial charge in [-0.3, -0.25) is 0 Å². The molecule has 1 atom stereocenters. The van der Waals surface area contributed by atoms with Gasteiger partial charge in [-0.15, -0.1) is 0 Å². The van der Waals surface area contributed by atoms with Crippen LogP contribution in [0.1, 0.15) is 47.2 Å². The van der Waals surface area contributed by atoms with Crippen molar-refractivity contribution < 1.29 is 4.74 Å². The quantitative estimate of drug-likeness (QED) is 0.189. The number of benzene rings is 7. The average Bonchev–Trinajstić information content (AvgIpc) is 3.54. The maximum atomic E-state index is 6.44. The van der Waals surface area contributed by atoms with Crippen LogP contribution in [0.15, 0.2) is 146 Å². The maximum absolute atomic E-state index is 6.44. The molecular weight excluding hydrogens is 544 g/mol. The molecule has 0 amide bonds. The van der Waals surface area contributed by atoms with Gasteiger partial charge in [0.1, 0.15) is 11.5 Å². The van der Waals surface area contributed by atoms with E-state index in [2.05, 4.69) is 159 Å². The first-order valence-electron chi connectivity index (χ1n) is 15.9. The van der Waals surface area contributed by atoms with Crippen LogP contribution >= 0.6 is 0 Å². The molecule has 7 aromatic rings. The van der Waals surface area contributed by atoms with Crippen LogP contribution in [0, 0.1) is 0 Å². The number of hydrogen-bond donors (Lipinski definition) is 0. The van der Waals surface area contributed by atoms with Gasteiger partial charge < -0.3 is 4.74 Å². The fraction of sp³-hybridized carbons (Fsp3) is 0.0909. The summed E-state index contributed by atoms with van der Waals surface area (Å²) in [6.07, 6.45) is 0. The molecule has 0 N–H and O–H groups in total. The number of ether oxygens (including phenoxy) is 1. The Balaban J connectivity index is 1.27. The highest BCUT2D eigenvalue weighted by Gasteiger charge is 2.52. The van der Waals surface area contributed by atoms with Crippen molar-refractivity contribution in [1.82, 2.24) is 0 Å². The van der Waals surface area contributed by atoms with Gasteiger partial charge in [0.15, 0.2) is 0 Å². The lowest BCUT2D eigenvalue weighted by Crippen LogP contribution is -2.25. The maximum Gasteiger partial charge on any atom is 0.131 e. The second kappa shape index (κ2) is 8.61. The summed E-state index contributed by atoms with van der Waals surface area (Å²) in [5, 5.41) is 2.56. The van der Waals surface area contributed by atoms with E-state index in [1.54, 1.807) is 0 Å². The highest BCUT2D eigenvalue weighted by Crippen LogP contribution is 2.64. The van der Waals surface area contributed by atoms with Gasteiger partial charge >= 0.3 is 0 Å². The summed E-state index contributed by atoms with van der Waals surface area (Å²) in [6.45, 7) is 4.63. The van der Waals surface area contributed by atoms with Gasteiger partial charge in [-0.25, -0.2) is 0 Å². The lowest BCUT2D eigenvalue weighted by Gasteiger charge is -2.35. The van der Waals surface area contributed by atoms with E-state index in [4.69, 9.17) is 4.74 Å². The zero-order valence-electron chi connectivity index (χ0n) is 25.3. The summed E-state index contributed by atoms with van der Waals surface area (Å²) in [7, 11) is 0. The van der Waals surface area contributed by atoms with Gasteiger partial charge in [-0.1, -0.05) is 129 Å². The fourth-order valence-corrected chi connectivity index (χ4v) is 8.72. The molecule has 1 heteroatoms. The van der Waals surface area contributed by atoms with Crippen molar-refractivity contribution in [3.63, 3.8) is 0 Å². The first-order valence-corrected chi connectivity index (χ1v) is 15.9. The molecule has 1 aliphatic heterocycles. The summed E-state index contributed by atoms with van der Waals surface area (Å²) >= 11 is 0. The molecule has 0 saturated carbocycles. The van der Waals surface area contributed by atoms with Crippen molar-refractivity contribution in [2.75, 3.05) is 0 Å². The van der Waals surface area contributed by atoms with E-state index < -0.39 is 0 Å². The molecule has 0 aromatic heterocycles. The van der Waals surface area contributed by atoms with Crippen molar-refractivity contribution in [3.05, 3.63) is 179 Å². The molecule has 1 heterocycles. The van der Waals surface area contributed by atoms with E-state index >= 15 is 0 Å². The Kier molecular flexibility index (Phi) is 4.78. The minimum absolute atomic E-state index is 0.179. The predicted molar refractivity (Wildman–Crippen MR) is 184 cm³/mol. The number of para-hydroxylation sites is 1. The third kappa shape index (κ3) is 3.08. The standard InChI is InChI=1S/C44H30O/c1-43(2)36-19-9-10-21-40(36)45-41-23-22-29(26-39(41)43)30-16-11-20-37-42(30)32-15-6-8-18-35(32)44(37)34-17-7-5-14-31(34)33-24-27-12-3-4-13-28(27)25-38(33)44/h3-26H,1-2H3. The van der Waals surface area contributed by atoms with Gasteiger partial charge in [-0.2, -0.15) is 0 Å².